The molecule has 0 aliphatic carbocycles. The second-order valence-electron chi connectivity index (χ2n) is 4.66. The van der Waals surface area contributed by atoms with Crippen molar-refractivity contribution in [1.82, 2.24) is 5.32 Å². The van der Waals surface area contributed by atoms with E-state index in [0.717, 1.165) is 19.4 Å². The van der Waals surface area contributed by atoms with E-state index in [1.807, 2.05) is 11.8 Å². The maximum atomic E-state index is 13.8. The number of nitrogens with one attached hydrogen (secondary N) is 1. The van der Waals surface area contributed by atoms with Gasteiger partial charge < -0.3 is 10.1 Å². The molecule has 0 radical (unpaired) electrons. The number of rotatable bonds is 8. The van der Waals surface area contributed by atoms with Crippen molar-refractivity contribution in [3.8, 4) is 5.75 Å². The molecule has 0 spiro atoms. The SMILES string of the molecule is CCC(CC)(CNCc1ccc(OC)cc1F)SC. The van der Waals surface area contributed by atoms with Gasteiger partial charge in [0.25, 0.3) is 0 Å². The first-order valence-corrected chi connectivity index (χ1v) is 7.91. The van der Waals surface area contributed by atoms with Crippen LogP contribution in [-0.4, -0.2) is 24.7 Å². The Morgan fingerprint density at radius 1 is 1.32 bits per heavy atom. The van der Waals surface area contributed by atoms with Crippen LogP contribution >= 0.6 is 11.8 Å². The molecule has 0 aromatic heterocycles. The standard InChI is InChI=1S/C15H24FNOS/c1-5-15(6-2,19-4)11-17-10-12-7-8-13(18-3)9-14(12)16/h7-9,17H,5-6,10-11H2,1-4H3. The Labute approximate surface area is 120 Å². The molecule has 0 bridgehead atoms. The van der Waals surface area contributed by atoms with Crippen LogP contribution in [-0.2, 0) is 6.54 Å². The van der Waals surface area contributed by atoms with E-state index in [1.54, 1.807) is 19.2 Å². The minimum Gasteiger partial charge on any atom is -0.497 e. The average molecular weight is 285 g/mol. The highest BCUT2D eigenvalue weighted by Gasteiger charge is 2.24. The Morgan fingerprint density at radius 3 is 2.47 bits per heavy atom. The van der Waals surface area contributed by atoms with Crippen molar-refractivity contribution >= 4 is 11.8 Å². The lowest BCUT2D eigenvalue weighted by molar-refractivity contribution is 0.410. The summed E-state index contributed by atoms with van der Waals surface area (Å²) in [5.74, 6) is 0.344. The average Bonchev–Trinajstić information content (AvgIpc) is 2.45. The summed E-state index contributed by atoms with van der Waals surface area (Å²) in [7, 11) is 1.54. The van der Waals surface area contributed by atoms with Crippen LogP contribution < -0.4 is 10.1 Å². The highest BCUT2D eigenvalue weighted by Crippen LogP contribution is 2.29. The number of hydrogen-bond acceptors (Lipinski definition) is 3. The summed E-state index contributed by atoms with van der Waals surface area (Å²) in [5.41, 5.74) is 0.683. The van der Waals surface area contributed by atoms with Crippen molar-refractivity contribution in [3.05, 3.63) is 29.6 Å². The fourth-order valence-electron chi connectivity index (χ4n) is 2.08. The summed E-state index contributed by atoms with van der Waals surface area (Å²) in [6, 6.07) is 5.00. The van der Waals surface area contributed by atoms with Gasteiger partial charge in [0.05, 0.1) is 7.11 Å². The molecule has 108 valence electrons. The second kappa shape index (κ2) is 7.75. The third-order valence-corrected chi connectivity index (χ3v) is 5.33. The van der Waals surface area contributed by atoms with Gasteiger partial charge in [-0.15, -0.1) is 0 Å². The molecule has 0 saturated carbocycles. The van der Waals surface area contributed by atoms with E-state index in [2.05, 4.69) is 25.4 Å². The van der Waals surface area contributed by atoms with Gasteiger partial charge >= 0.3 is 0 Å². The van der Waals surface area contributed by atoms with Crippen molar-refractivity contribution < 1.29 is 9.13 Å². The van der Waals surface area contributed by atoms with E-state index < -0.39 is 0 Å². The van der Waals surface area contributed by atoms with Gasteiger partial charge in [-0.2, -0.15) is 11.8 Å². The molecule has 0 aliphatic heterocycles. The maximum Gasteiger partial charge on any atom is 0.131 e. The molecular formula is C15H24FNOS. The van der Waals surface area contributed by atoms with E-state index in [0.29, 0.717) is 17.9 Å². The van der Waals surface area contributed by atoms with E-state index in [1.165, 1.54) is 6.07 Å². The molecule has 1 aromatic carbocycles. The predicted octanol–water partition coefficient (Wildman–Crippen LogP) is 3.85. The van der Waals surface area contributed by atoms with E-state index in [-0.39, 0.29) is 10.6 Å². The highest BCUT2D eigenvalue weighted by atomic mass is 32.2. The van der Waals surface area contributed by atoms with Gasteiger partial charge in [0.2, 0.25) is 0 Å². The fraction of sp³-hybridized carbons (Fsp3) is 0.600. The third-order valence-electron chi connectivity index (χ3n) is 3.74. The zero-order chi connectivity index (χ0) is 14.3. The van der Waals surface area contributed by atoms with Gasteiger partial charge in [0, 0.05) is 29.5 Å². The molecule has 19 heavy (non-hydrogen) atoms. The van der Waals surface area contributed by atoms with Crippen molar-refractivity contribution in [2.45, 2.75) is 38.0 Å². The van der Waals surface area contributed by atoms with Crippen molar-refractivity contribution in [3.63, 3.8) is 0 Å². The smallest absolute Gasteiger partial charge is 0.131 e. The Balaban J connectivity index is 2.57. The molecule has 0 unspecified atom stereocenters. The lowest BCUT2D eigenvalue weighted by atomic mass is 10.0. The molecule has 0 heterocycles. The second-order valence-corrected chi connectivity index (χ2v) is 5.93. The van der Waals surface area contributed by atoms with Crippen molar-refractivity contribution in [2.75, 3.05) is 19.9 Å². The summed E-state index contributed by atoms with van der Waals surface area (Å²) >= 11 is 1.89. The zero-order valence-corrected chi connectivity index (χ0v) is 13.1. The quantitative estimate of drug-likeness (QED) is 0.784. The summed E-state index contributed by atoms with van der Waals surface area (Å²) in [6.07, 6.45) is 4.37. The number of hydrogen-bond donors (Lipinski definition) is 1. The normalized spacial score (nSPS) is 11.6. The topological polar surface area (TPSA) is 21.3 Å². The molecular weight excluding hydrogens is 261 g/mol. The van der Waals surface area contributed by atoms with Crippen LogP contribution in [0.15, 0.2) is 18.2 Å². The van der Waals surface area contributed by atoms with Crippen LogP contribution in [0.2, 0.25) is 0 Å². The minimum atomic E-state index is -0.213. The molecule has 0 fully saturated rings. The fourth-order valence-corrected chi connectivity index (χ4v) is 2.91. The molecule has 1 aromatic rings. The van der Waals surface area contributed by atoms with Crippen LogP contribution in [0.4, 0.5) is 4.39 Å². The zero-order valence-electron chi connectivity index (χ0n) is 12.3. The highest BCUT2D eigenvalue weighted by molar-refractivity contribution is 8.00. The first-order valence-electron chi connectivity index (χ1n) is 6.69. The minimum absolute atomic E-state index is 0.213. The van der Waals surface area contributed by atoms with Gasteiger partial charge in [-0.05, 0) is 25.2 Å². The molecule has 0 saturated heterocycles. The van der Waals surface area contributed by atoms with Gasteiger partial charge in [-0.1, -0.05) is 19.9 Å². The first-order chi connectivity index (χ1) is 9.10. The summed E-state index contributed by atoms with van der Waals surface area (Å²) in [4.78, 5) is 0. The summed E-state index contributed by atoms with van der Waals surface area (Å²) < 4.78 is 19.0. The molecule has 2 nitrogen and oxygen atoms in total. The molecule has 1 rings (SSSR count). The number of methoxy groups -OCH3 is 1. The molecule has 0 aliphatic rings. The van der Waals surface area contributed by atoms with Gasteiger partial charge in [0.1, 0.15) is 11.6 Å². The van der Waals surface area contributed by atoms with Crippen LogP contribution in [0.1, 0.15) is 32.3 Å². The van der Waals surface area contributed by atoms with Gasteiger partial charge in [-0.25, -0.2) is 4.39 Å². The Morgan fingerprint density at radius 2 is 2.00 bits per heavy atom. The molecule has 1 N–H and O–H groups in total. The lowest BCUT2D eigenvalue weighted by Crippen LogP contribution is -2.36. The Bertz CT molecular complexity index is 385. The van der Waals surface area contributed by atoms with Crippen LogP contribution in [0.25, 0.3) is 0 Å². The van der Waals surface area contributed by atoms with Crippen molar-refractivity contribution in [1.29, 1.82) is 0 Å². The maximum absolute atomic E-state index is 13.8. The van der Waals surface area contributed by atoms with E-state index in [9.17, 15) is 4.39 Å². The predicted molar refractivity (Wildman–Crippen MR) is 81.5 cm³/mol. The van der Waals surface area contributed by atoms with E-state index >= 15 is 0 Å². The Hall–Kier alpha value is -0.740. The monoisotopic (exact) mass is 285 g/mol. The van der Waals surface area contributed by atoms with Crippen LogP contribution in [0, 0.1) is 5.82 Å². The summed E-state index contributed by atoms with van der Waals surface area (Å²) in [5, 5.41) is 3.37. The number of halogens is 1. The summed E-state index contributed by atoms with van der Waals surface area (Å²) in [6.45, 7) is 5.86. The lowest BCUT2D eigenvalue weighted by Gasteiger charge is -2.30. The van der Waals surface area contributed by atoms with Crippen LogP contribution in [0.3, 0.4) is 0 Å². The number of ether oxygens (including phenoxy) is 1. The largest absolute Gasteiger partial charge is 0.497 e. The van der Waals surface area contributed by atoms with Crippen molar-refractivity contribution in [2.24, 2.45) is 0 Å². The third kappa shape index (κ3) is 4.39. The van der Waals surface area contributed by atoms with Gasteiger partial charge in [-0.3, -0.25) is 0 Å². The van der Waals surface area contributed by atoms with Gasteiger partial charge in [0.15, 0.2) is 0 Å². The van der Waals surface area contributed by atoms with Crippen LogP contribution in [0.5, 0.6) is 5.75 Å². The Kier molecular flexibility index (Phi) is 6.66. The molecule has 0 atom stereocenters. The molecule has 4 heteroatoms. The van der Waals surface area contributed by atoms with E-state index in [4.69, 9.17) is 4.74 Å². The number of benzene rings is 1. The first kappa shape index (κ1) is 16.3. The number of thioether (sulfide) groups is 1. The molecule has 0 amide bonds.